The maximum absolute atomic E-state index is 6.67. The second kappa shape index (κ2) is 14.0. The number of nitrogens with zero attached hydrogens (tertiary/aromatic N) is 4. The molecule has 4 heterocycles. The Balaban J connectivity index is 0.950. The molecule has 0 saturated heterocycles. The van der Waals surface area contributed by atoms with E-state index in [4.69, 9.17) is 14.4 Å². The third-order valence-electron chi connectivity index (χ3n) is 12.5. The maximum Gasteiger partial charge on any atom is 0.180 e. The van der Waals surface area contributed by atoms with Gasteiger partial charge in [0.2, 0.25) is 0 Å². The van der Waals surface area contributed by atoms with Gasteiger partial charge in [0, 0.05) is 49.4 Å². The molecule has 13 rings (SSSR count). The topological polar surface area (TPSA) is 48.8 Å². The zero-order chi connectivity index (χ0) is 41.4. The molecule has 0 amide bonds. The molecular weight excluding hydrogens is 769 g/mol. The highest BCUT2D eigenvalue weighted by Crippen LogP contribution is 2.41. The minimum atomic E-state index is 0.652. The average Bonchev–Trinajstić information content (AvgIpc) is 4.01. The van der Waals surface area contributed by atoms with E-state index in [-0.39, 0.29) is 0 Å². The molecule has 63 heavy (non-hydrogen) atoms. The zero-order valence-corrected chi connectivity index (χ0v) is 34.0. The van der Waals surface area contributed by atoms with Crippen LogP contribution in [0, 0.1) is 0 Å². The minimum absolute atomic E-state index is 0.652. The largest absolute Gasteiger partial charge is 0.452 e. The van der Waals surface area contributed by atoms with Gasteiger partial charge in [-0.05, 0) is 107 Å². The molecule has 4 aromatic heterocycles. The molecule has 0 radical (unpaired) electrons. The highest BCUT2D eigenvalue weighted by atomic mass is 16.3. The molecule has 0 aliphatic carbocycles. The summed E-state index contributed by atoms with van der Waals surface area (Å²) in [4.78, 5) is 10.6. The molecule has 0 spiro atoms. The van der Waals surface area contributed by atoms with Crippen LogP contribution in [0.4, 0.5) is 0 Å². The lowest BCUT2D eigenvalue weighted by Crippen LogP contribution is -1.95. The number of furan rings is 1. The molecule has 0 bridgehead atoms. The normalized spacial score (nSPS) is 11.8. The third-order valence-corrected chi connectivity index (χ3v) is 12.5. The van der Waals surface area contributed by atoms with Crippen LogP contribution < -0.4 is 0 Å². The first-order valence-electron chi connectivity index (χ1n) is 21.3. The van der Waals surface area contributed by atoms with Crippen LogP contribution in [0.15, 0.2) is 223 Å². The van der Waals surface area contributed by atoms with Gasteiger partial charge in [-0.2, -0.15) is 0 Å². The second-order valence-electron chi connectivity index (χ2n) is 16.2. The summed E-state index contributed by atoms with van der Waals surface area (Å²) in [5.74, 6) is 0.652. The maximum atomic E-state index is 6.67. The smallest absolute Gasteiger partial charge is 0.180 e. The van der Waals surface area contributed by atoms with E-state index in [0.29, 0.717) is 11.4 Å². The summed E-state index contributed by atoms with van der Waals surface area (Å²) in [5.41, 5.74) is 16.4. The standard InChI is InChI=1S/C58H36N4O/c1-4-15-37(16-5-1)55-57-56(60-58(59-55)42-28-31-53-48(36-42)46-24-11-13-26-51(46)62(53)44-21-8-3-9-22-44)49-35-41(29-32-54(49)63-57)39-18-14-17-38(33-39)40-27-30-52-47(34-40)45-23-10-12-25-50(45)61(52)43-19-6-2-7-20-43/h1-36H. The molecule has 9 aromatic carbocycles. The first-order chi connectivity index (χ1) is 31.2. The number of aromatic nitrogens is 4. The number of hydrogen-bond acceptors (Lipinski definition) is 3. The van der Waals surface area contributed by atoms with Gasteiger partial charge in [0.15, 0.2) is 11.4 Å². The molecule has 5 nitrogen and oxygen atoms in total. The summed E-state index contributed by atoms with van der Waals surface area (Å²) in [6, 6.07) is 77.4. The Morgan fingerprint density at radius 2 is 0.778 bits per heavy atom. The van der Waals surface area contributed by atoms with Gasteiger partial charge in [0.1, 0.15) is 16.8 Å². The van der Waals surface area contributed by atoms with Crippen molar-refractivity contribution in [3.8, 4) is 56.3 Å². The Bertz CT molecular complexity index is 3900. The molecule has 5 heteroatoms. The van der Waals surface area contributed by atoms with Crippen molar-refractivity contribution in [2.75, 3.05) is 0 Å². The first-order valence-corrected chi connectivity index (χ1v) is 21.3. The van der Waals surface area contributed by atoms with E-state index < -0.39 is 0 Å². The fourth-order valence-corrected chi connectivity index (χ4v) is 9.60. The molecule has 294 valence electrons. The SMILES string of the molecule is c1ccc(-c2nc(-c3ccc4c(c3)c3ccccc3n4-c3ccccc3)nc3c2oc2ccc(-c4cccc(-c5ccc6c(c5)c5ccccc5n6-c5ccccc5)c4)cc23)cc1. The molecular formula is C58H36N4O. The van der Waals surface area contributed by atoms with Gasteiger partial charge >= 0.3 is 0 Å². The van der Waals surface area contributed by atoms with Gasteiger partial charge in [-0.25, -0.2) is 9.97 Å². The molecule has 13 aromatic rings. The van der Waals surface area contributed by atoms with Crippen molar-refractivity contribution in [3.05, 3.63) is 218 Å². The van der Waals surface area contributed by atoms with Crippen molar-refractivity contribution in [1.82, 2.24) is 19.1 Å². The summed E-state index contributed by atoms with van der Waals surface area (Å²) in [7, 11) is 0. The second-order valence-corrected chi connectivity index (χ2v) is 16.2. The highest BCUT2D eigenvalue weighted by molar-refractivity contribution is 6.12. The Hall–Kier alpha value is -8.54. The van der Waals surface area contributed by atoms with Crippen LogP contribution in [0.2, 0.25) is 0 Å². The zero-order valence-electron chi connectivity index (χ0n) is 34.0. The fourth-order valence-electron chi connectivity index (χ4n) is 9.60. The molecule has 0 N–H and O–H groups in total. The van der Waals surface area contributed by atoms with Crippen molar-refractivity contribution in [3.63, 3.8) is 0 Å². The Kier molecular flexibility index (Phi) is 7.84. The summed E-state index contributed by atoms with van der Waals surface area (Å²) < 4.78 is 11.4. The lowest BCUT2D eigenvalue weighted by Gasteiger charge is -2.09. The van der Waals surface area contributed by atoms with Gasteiger partial charge in [0.05, 0.1) is 22.1 Å². The van der Waals surface area contributed by atoms with E-state index in [0.717, 1.165) is 77.8 Å². The highest BCUT2D eigenvalue weighted by Gasteiger charge is 2.21. The molecule has 0 unspecified atom stereocenters. The molecule has 0 saturated carbocycles. The number of rotatable bonds is 6. The molecule has 0 atom stereocenters. The minimum Gasteiger partial charge on any atom is -0.452 e. The monoisotopic (exact) mass is 804 g/mol. The van der Waals surface area contributed by atoms with Gasteiger partial charge in [-0.3, -0.25) is 0 Å². The summed E-state index contributed by atoms with van der Waals surface area (Å²) in [6.45, 7) is 0. The Morgan fingerprint density at radius 1 is 0.317 bits per heavy atom. The van der Waals surface area contributed by atoms with E-state index in [1.165, 1.54) is 32.8 Å². The van der Waals surface area contributed by atoms with Crippen molar-refractivity contribution in [2.45, 2.75) is 0 Å². The van der Waals surface area contributed by atoms with Crippen LogP contribution in [0.5, 0.6) is 0 Å². The van der Waals surface area contributed by atoms with Crippen LogP contribution in [0.1, 0.15) is 0 Å². The number of hydrogen-bond donors (Lipinski definition) is 0. The van der Waals surface area contributed by atoms with Gasteiger partial charge in [-0.15, -0.1) is 0 Å². The summed E-state index contributed by atoms with van der Waals surface area (Å²) in [5, 5.41) is 5.75. The van der Waals surface area contributed by atoms with E-state index in [9.17, 15) is 0 Å². The predicted molar refractivity (Wildman–Crippen MR) is 260 cm³/mol. The molecule has 0 aliphatic heterocycles. The fraction of sp³-hybridized carbons (Fsp3) is 0. The third kappa shape index (κ3) is 5.64. The Labute approximate surface area is 362 Å². The van der Waals surface area contributed by atoms with Gasteiger partial charge in [-0.1, -0.05) is 133 Å². The quantitative estimate of drug-likeness (QED) is 0.168. The number of para-hydroxylation sites is 4. The van der Waals surface area contributed by atoms with Gasteiger partial charge in [0.25, 0.3) is 0 Å². The van der Waals surface area contributed by atoms with Crippen molar-refractivity contribution >= 4 is 65.7 Å². The van der Waals surface area contributed by atoms with E-state index in [1.807, 2.05) is 18.2 Å². The Morgan fingerprint density at radius 3 is 1.40 bits per heavy atom. The van der Waals surface area contributed by atoms with Crippen LogP contribution in [-0.2, 0) is 0 Å². The van der Waals surface area contributed by atoms with Crippen molar-refractivity contribution in [2.24, 2.45) is 0 Å². The average molecular weight is 805 g/mol. The lowest BCUT2D eigenvalue weighted by atomic mass is 9.97. The lowest BCUT2D eigenvalue weighted by molar-refractivity contribution is 0.667. The van der Waals surface area contributed by atoms with Crippen molar-refractivity contribution < 1.29 is 4.42 Å². The van der Waals surface area contributed by atoms with Crippen LogP contribution in [-0.4, -0.2) is 19.1 Å². The van der Waals surface area contributed by atoms with Crippen molar-refractivity contribution in [1.29, 1.82) is 0 Å². The van der Waals surface area contributed by atoms with Crippen LogP contribution in [0.25, 0.3) is 122 Å². The van der Waals surface area contributed by atoms with E-state index >= 15 is 0 Å². The van der Waals surface area contributed by atoms with E-state index in [1.54, 1.807) is 0 Å². The van der Waals surface area contributed by atoms with Gasteiger partial charge < -0.3 is 13.6 Å². The number of fused-ring (bicyclic) bond motifs is 9. The number of benzene rings is 9. The molecule has 0 aliphatic rings. The van der Waals surface area contributed by atoms with Crippen LogP contribution >= 0.6 is 0 Å². The van der Waals surface area contributed by atoms with Crippen LogP contribution in [0.3, 0.4) is 0 Å². The summed E-state index contributed by atoms with van der Waals surface area (Å²) in [6.07, 6.45) is 0. The van der Waals surface area contributed by atoms with E-state index in [2.05, 4.69) is 209 Å². The molecule has 0 fully saturated rings. The predicted octanol–water partition coefficient (Wildman–Crippen LogP) is 15.2. The summed E-state index contributed by atoms with van der Waals surface area (Å²) >= 11 is 0. The first kappa shape index (κ1) is 35.2.